The number of hydrogen-bond acceptors (Lipinski definition) is 8. The Morgan fingerprint density at radius 1 is 1.24 bits per heavy atom. The number of aromatic hydroxyl groups is 1. The average Bonchev–Trinajstić information content (AvgIpc) is 3.31. The van der Waals surface area contributed by atoms with Gasteiger partial charge in [-0.15, -0.1) is 11.8 Å². The van der Waals surface area contributed by atoms with Crippen molar-refractivity contribution in [3.8, 4) is 5.75 Å². The lowest BCUT2D eigenvalue weighted by atomic mass is 9.79. The number of carbonyl (C=O) groups is 4. The van der Waals surface area contributed by atoms with Gasteiger partial charge in [0.15, 0.2) is 0 Å². The number of aromatic carboxylic acids is 1. The van der Waals surface area contributed by atoms with Crippen molar-refractivity contribution < 1.29 is 39.6 Å². The molecule has 4 rings (SSSR count). The van der Waals surface area contributed by atoms with E-state index < -0.39 is 47.7 Å². The number of phenols is 1. The van der Waals surface area contributed by atoms with Crippen LogP contribution in [0.1, 0.15) is 30.6 Å². The fraction of sp³-hybridized carbons (Fsp3) is 0.455. The molecule has 2 fully saturated rings. The molecule has 6 unspecified atom stereocenters. The molecular formula is C22H25N3O8S. The Labute approximate surface area is 198 Å². The largest absolute Gasteiger partial charge is 0.507 e. The molecule has 0 aromatic heterocycles. The molecule has 0 radical (unpaired) electrons. The van der Waals surface area contributed by atoms with Crippen LogP contribution in [0.2, 0.25) is 0 Å². The second kappa shape index (κ2) is 8.93. The van der Waals surface area contributed by atoms with Gasteiger partial charge in [0.05, 0.1) is 24.1 Å². The zero-order valence-corrected chi connectivity index (χ0v) is 19.2. The number of aliphatic hydroxyl groups excluding tert-OH is 1. The van der Waals surface area contributed by atoms with E-state index in [1.165, 1.54) is 41.8 Å². The minimum atomic E-state index is -1.32. The van der Waals surface area contributed by atoms with E-state index in [0.717, 1.165) is 0 Å². The normalized spacial score (nSPS) is 29.0. The van der Waals surface area contributed by atoms with E-state index in [9.17, 15) is 34.5 Å². The number of aliphatic carboxylic acids is 1. The summed E-state index contributed by atoms with van der Waals surface area (Å²) in [5.41, 5.74) is -0.156. The first-order valence-corrected chi connectivity index (χ1v) is 11.6. The van der Waals surface area contributed by atoms with Gasteiger partial charge in [0.1, 0.15) is 17.0 Å². The van der Waals surface area contributed by atoms with E-state index in [1.807, 2.05) is 6.92 Å². The predicted octanol–water partition coefficient (Wildman–Crippen LogP) is 0.646. The summed E-state index contributed by atoms with van der Waals surface area (Å²) in [6, 6.07) is 2.76. The van der Waals surface area contributed by atoms with E-state index in [4.69, 9.17) is 5.11 Å². The molecular weight excluding hydrogens is 466 g/mol. The van der Waals surface area contributed by atoms with Crippen LogP contribution in [0.25, 0.3) is 0 Å². The van der Waals surface area contributed by atoms with Gasteiger partial charge in [-0.25, -0.2) is 9.59 Å². The zero-order chi connectivity index (χ0) is 24.9. The number of β-lactam (4-membered cyclic amide) rings is 1. The van der Waals surface area contributed by atoms with Crippen molar-refractivity contribution in [1.82, 2.24) is 10.2 Å². The first-order chi connectivity index (χ1) is 16.0. The van der Waals surface area contributed by atoms with E-state index in [-0.39, 0.29) is 34.0 Å². The summed E-state index contributed by atoms with van der Waals surface area (Å²) in [7, 11) is 0. The van der Waals surface area contributed by atoms with Crippen molar-refractivity contribution in [3.05, 3.63) is 34.4 Å². The molecule has 0 spiro atoms. The smallest absolute Gasteiger partial charge is 0.353 e. The lowest BCUT2D eigenvalue weighted by Gasteiger charge is -2.46. The summed E-state index contributed by atoms with van der Waals surface area (Å²) in [5, 5.41) is 44.1. The van der Waals surface area contributed by atoms with Gasteiger partial charge in [0.25, 0.3) is 0 Å². The number of carboxylic acid groups (broad SMARTS) is 2. The number of amides is 2. The average molecular weight is 492 g/mol. The summed E-state index contributed by atoms with van der Waals surface area (Å²) < 4.78 is 0. The minimum absolute atomic E-state index is 0.0532. The predicted molar refractivity (Wildman–Crippen MR) is 121 cm³/mol. The van der Waals surface area contributed by atoms with Crippen LogP contribution in [0.15, 0.2) is 28.8 Å². The van der Waals surface area contributed by atoms with E-state index in [0.29, 0.717) is 17.9 Å². The van der Waals surface area contributed by atoms with Gasteiger partial charge >= 0.3 is 11.9 Å². The van der Waals surface area contributed by atoms with Crippen molar-refractivity contribution in [2.24, 2.45) is 11.8 Å². The number of carbonyl (C=O) groups excluding carboxylic acids is 2. The van der Waals surface area contributed by atoms with Crippen LogP contribution in [0.4, 0.5) is 5.69 Å². The van der Waals surface area contributed by atoms with Gasteiger partial charge in [-0.1, -0.05) is 6.92 Å². The van der Waals surface area contributed by atoms with Crippen molar-refractivity contribution in [2.45, 2.75) is 43.7 Å². The summed E-state index contributed by atoms with van der Waals surface area (Å²) >= 11 is 1.33. The lowest BCUT2D eigenvalue weighted by molar-refractivity contribution is -0.163. The van der Waals surface area contributed by atoms with Crippen LogP contribution in [0, 0.1) is 11.8 Å². The van der Waals surface area contributed by atoms with Crippen molar-refractivity contribution in [2.75, 3.05) is 11.9 Å². The SMILES string of the molecule is CC(O)C1C(=O)N2C(C(=O)O)=C(SC3CNC(C(=O)Nc4ccc(O)c(C(=O)O)c4)C3)C(C)C12. The quantitative estimate of drug-likeness (QED) is 0.234. The standard InChI is InChI=1S/C22H25N3O8S/c1-8-16-15(9(2)26)20(29)25(16)17(22(32)33)18(8)34-11-6-13(23-7-11)19(28)24-10-3-4-14(27)12(5-10)21(30)31/h3-5,8-9,11,13,15-16,23,26-27H,6-7H2,1-2H3,(H,24,28)(H,30,31)(H,32,33). The third-order valence-electron chi connectivity index (χ3n) is 6.51. The highest BCUT2D eigenvalue weighted by Crippen LogP contribution is 2.51. The monoisotopic (exact) mass is 491 g/mol. The molecule has 3 heterocycles. The number of fused-ring (bicyclic) bond motifs is 1. The summed E-state index contributed by atoms with van der Waals surface area (Å²) in [6.45, 7) is 3.80. The van der Waals surface area contributed by atoms with Gasteiger partial charge in [0.2, 0.25) is 11.8 Å². The first kappa shape index (κ1) is 24.0. The molecule has 1 aromatic rings. The molecule has 0 aliphatic carbocycles. The Morgan fingerprint density at radius 2 is 1.94 bits per heavy atom. The van der Waals surface area contributed by atoms with Crippen LogP contribution < -0.4 is 10.6 Å². The van der Waals surface area contributed by atoms with Gasteiger partial charge in [-0.2, -0.15) is 0 Å². The second-order valence-corrected chi connectivity index (χ2v) is 10.1. The highest BCUT2D eigenvalue weighted by Gasteiger charge is 2.60. The Balaban J connectivity index is 1.44. The van der Waals surface area contributed by atoms with Gasteiger partial charge in [0, 0.05) is 28.3 Å². The number of hydrogen-bond donors (Lipinski definition) is 6. The van der Waals surface area contributed by atoms with Crippen molar-refractivity contribution in [3.63, 3.8) is 0 Å². The highest BCUT2D eigenvalue weighted by atomic mass is 32.2. The topological polar surface area (TPSA) is 176 Å². The number of thioether (sulfide) groups is 1. The number of carboxylic acids is 2. The molecule has 6 N–H and O–H groups in total. The molecule has 11 nitrogen and oxygen atoms in total. The molecule has 0 saturated carbocycles. The number of anilines is 1. The van der Waals surface area contributed by atoms with Crippen molar-refractivity contribution in [1.29, 1.82) is 0 Å². The van der Waals surface area contributed by atoms with Crippen LogP contribution in [0.3, 0.4) is 0 Å². The molecule has 1 aromatic carbocycles. The molecule has 2 amide bonds. The maximum Gasteiger partial charge on any atom is 0.353 e. The van der Waals surface area contributed by atoms with Crippen LogP contribution >= 0.6 is 11.8 Å². The Kier molecular flexibility index (Phi) is 6.32. The zero-order valence-electron chi connectivity index (χ0n) is 18.4. The first-order valence-electron chi connectivity index (χ1n) is 10.8. The summed E-state index contributed by atoms with van der Waals surface area (Å²) in [4.78, 5) is 50.1. The lowest BCUT2D eigenvalue weighted by Crippen LogP contribution is -2.63. The van der Waals surface area contributed by atoms with E-state index in [2.05, 4.69) is 10.6 Å². The molecule has 3 aliphatic heterocycles. The van der Waals surface area contributed by atoms with Crippen LogP contribution in [-0.2, 0) is 14.4 Å². The third kappa shape index (κ3) is 4.01. The summed E-state index contributed by atoms with van der Waals surface area (Å²) in [5.74, 6) is -4.60. The number of nitrogens with one attached hydrogen (secondary N) is 2. The fourth-order valence-corrected chi connectivity index (χ4v) is 6.34. The molecule has 34 heavy (non-hydrogen) atoms. The Morgan fingerprint density at radius 3 is 2.56 bits per heavy atom. The molecule has 2 saturated heterocycles. The molecule has 6 atom stereocenters. The number of aliphatic hydroxyl groups is 1. The maximum absolute atomic E-state index is 12.7. The molecule has 12 heteroatoms. The molecule has 3 aliphatic rings. The number of rotatable bonds is 7. The van der Waals surface area contributed by atoms with Gasteiger partial charge in [-0.05, 0) is 31.5 Å². The minimum Gasteiger partial charge on any atom is -0.507 e. The van der Waals surface area contributed by atoms with Crippen LogP contribution in [-0.4, -0.2) is 79.1 Å². The fourth-order valence-electron chi connectivity index (χ4n) is 4.87. The van der Waals surface area contributed by atoms with Crippen LogP contribution in [0.5, 0.6) is 5.75 Å². The number of nitrogens with zero attached hydrogens (tertiary/aromatic N) is 1. The molecule has 182 valence electrons. The Hall–Kier alpha value is -3.09. The maximum atomic E-state index is 12.7. The summed E-state index contributed by atoms with van der Waals surface area (Å²) in [6.07, 6.45) is -0.486. The second-order valence-electron chi connectivity index (χ2n) is 8.73. The van der Waals surface area contributed by atoms with Gasteiger partial charge < -0.3 is 36.0 Å². The van der Waals surface area contributed by atoms with E-state index in [1.54, 1.807) is 0 Å². The van der Waals surface area contributed by atoms with Gasteiger partial charge in [-0.3, -0.25) is 9.59 Å². The Bertz CT molecular complexity index is 1100. The molecule has 0 bridgehead atoms. The number of benzene rings is 1. The highest BCUT2D eigenvalue weighted by molar-refractivity contribution is 8.03. The third-order valence-corrected chi connectivity index (χ3v) is 8.02. The van der Waals surface area contributed by atoms with Crippen molar-refractivity contribution >= 4 is 41.2 Å². The van der Waals surface area contributed by atoms with E-state index >= 15 is 0 Å².